The van der Waals surface area contributed by atoms with Gasteiger partial charge in [0.05, 0.1) is 23.6 Å². The Balaban J connectivity index is 1.44. The number of fused-ring (bicyclic) bond motifs is 1. The second-order valence-electron chi connectivity index (χ2n) is 6.56. The summed E-state index contributed by atoms with van der Waals surface area (Å²) < 4.78 is 2.06. The smallest absolute Gasteiger partial charge is 0.188 e. The van der Waals surface area contributed by atoms with E-state index in [1.165, 1.54) is 12.0 Å². The Bertz CT molecular complexity index is 968. The first-order valence-electron chi connectivity index (χ1n) is 8.73. The number of anilines is 2. The highest BCUT2D eigenvalue weighted by atomic mass is 32.1. The summed E-state index contributed by atoms with van der Waals surface area (Å²) in [5, 5.41) is 11.8. The molecule has 2 aliphatic rings. The van der Waals surface area contributed by atoms with E-state index in [-0.39, 0.29) is 0 Å². The zero-order valence-electron chi connectivity index (χ0n) is 14.4. The number of hydrogen-bond donors (Lipinski definition) is 3. The summed E-state index contributed by atoms with van der Waals surface area (Å²) in [6.45, 7) is 1.86. The molecule has 1 saturated heterocycles. The second-order valence-corrected chi connectivity index (χ2v) is 7.42. The van der Waals surface area contributed by atoms with E-state index in [1.807, 2.05) is 24.5 Å². The molecule has 0 radical (unpaired) electrons. The van der Waals surface area contributed by atoms with E-state index in [0.29, 0.717) is 6.04 Å². The minimum absolute atomic E-state index is 0.377. The van der Waals surface area contributed by atoms with Gasteiger partial charge in [-0.2, -0.15) is 0 Å². The first-order chi connectivity index (χ1) is 12.8. The van der Waals surface area contributed by atoms with Gasteiger partial charge in [-0.05, 0) is 19.4 Å². The van der Waals surface area contributed by atoms with E-state index in [9.17, 15) is 0 Å². The zero-order valence-corrected chi connectivity index (χ0v) is 15.3. The van der Waals surface area contributed by atoms with E-state index >= 15 is 0 Å². The van der Waals surface area contributed by atoms with Crippen molar-refractivity contribution >= 4 is 33.5 Å². The van der Waals surface area contributed by atoms with Crippen LogP contribution in [0.4, 0.5) is 10.9 Å². The molecule has 5 rings (SSSR count). The molecule has 0 bridgehead atoms. The van der Waals surface area contributed by atoms with Crippen LogP contribution >= 0.6 is 11.3 Å². The monoisotopic (exact) mass is 368 g/mol. The minimum Gasteiger partial charge on any atom is -0.318 e. The van der Waals surface area contributed by atoms with Crippen molar-refractivity contribution in [1.82, 2.24) is 35.1 Å². The Morgan fingerprint density at radius 3 is 3.12 bits per heavy atom. The van der Waals surface area contributed by atoms with Crippen LogP contribution in [0, 0.1) is 0 Å². The van der Waals surface area contributed by atoms with Crippen molar-refractivity contribution in [3.8, 4) is 0 Å². The molecule has 9 heteroatoms. The van der Waals surface area contributed by atoms with Crippen LogP contribution in [0.2, 0.25) is 0 Å². The number of imidazole rings is 1. The fourth-order valence-corrected chi connectivity index (χ4v) is 4.24. The summed E-state index contributed by atoms with van der Waals surface area (Å²) in [4.78, 5) is 13.8. The lowest BCUT2D eigenvalue weighted by Crippen LogP contribution is -2.23. The summed E-state index contributed by atoms with van der Waals surface area (Å²) in [5.41, 5.74) is 7.43. The SMILES string of the molecule is CN1C=C(c2cnc3c(Nc4nc([C@@H]5CCCN5)cs4)nccn23)CN1. The third kappa shape index (κ3) is 2.74. The molecule has 134 valence electrons. The Labute approximate surface area is 155 Å². The molecule has 3 N–H and O–H groups in total. The maximum Gasteiger partial charge on any atom is 0.188 e. The molecule has 0 spiro atoms. The lowest BCUT2D eigenvalue weighted by Gasteiger charge is -2.06. The molecule has 3 aromatic rings. The van der Waals surface area contributed by atoms with E-state index in [2.05, 4.69) is 42.0 Å². The Hall–Kier alpha value is -2.49. The molecule has 1 atom stereocenters. The van der Waals surface area contributed by atoms with Crippen LogP contribution < -0.4 is 16.1 Å². The van der Waals surface area contributed by atoms with Crippen molar-refractivity contribution in [3.63, 3.8) is 0 Å². The first kappa shape index (κ1) is 15.7. The van der Waals surface area contributed by atoms with Crippen molar-refractivity contribution in [2.75, 3.05) is 25.5 Å². The quantitative estimate of drug-likeness (QED) is 0.651. The number of hydrogen-bond acceptors (Lipinski definition) is 8. The molecule has 5 heterocycles. The third-order valence-corrected chi connectivity index (χ3v) is 5.57. The highest BCUT2D eigenvalue weighted by molar-refractivity contribution is 7.13. The predicted octanol–water partition coefficient (Wildman–Crippen LogP) is 2.14. The summed E-state index contributed by atoms with van der Waals surface area (Å²) in [5.74, 6) is 0.721. The molecule has 2 aliphatic heterocycles. The standard InChI is InChI=1S/C17H20N8S/c1-24-9-11(7-21-24)14-8-20-16-15(19-5-6-25(14)16)23-17-22-13(10-26-17)12-3-2-4-18-12/h5-6,8-10,12,18,21H,2-4,7H2,1H3,(H,19,22,23)/t12-/m0/s1. The minimum atomic E-state index is 0.377. The van der Waals surface area contributed by atoms with E-state index in [4.69, 9.17) is 4.98 Å². The first-order valence-corrected chi connectivity index (χ1v) is 9.61. The van der Waals surface area contributed by atoms with Gasteiger partial charge in [0.2, 0.25) is 0 Å². The maximum atomic E-state index is 4.73. The molecular weight excluding hydrogens is 348 g/mol. The van der Waals surface area contributed by atoms with Crippen molar-refractivity contribution < 1.29 is 0 Å². The van der Waals surface area contributed by atoms with Gasteiger partial charge < -0.3 is 15.6 Å². The van der Waals surface area contributed by atoms with Crippen LogP contribution in [0.5, 0.6) is 0 Å². The lowest BCUT2D eigenvalue weighted by atomic mass is 10.2. The number of nitrogens with one attached hydrogen (secondary N) is 3. The third-order valence-electron chi connectivity index (χ3n) is 4.79. The number of hydrazine groups is 1. The van der Waals surface area contributed by atoms with Crippen molar-refractivity contribution in [2.24, 2.45) is 0 Å². The zero-order chi connectivity index (χ0) is 17.5. The van der Waals surface area contributed by atoms with Crippen molar-refractivity contribution in [2.45, 2.75) is 18.9 Å². The number of aromatic nitrogens is 4. The van der Waals surface area contributed by atoms with Crippen LogP contribution in [-0.2, 0) is 0 Å². The fraction of sp³-hybridized carbons (Fsp3) is 0.353. The van der Waals surface area contributed by atoms with Gasteiger partial charge in [-0.3, -0.25) is 4.40 Å². The van der Waals surface area contributed by atoms with Crippen LogP contribution in [-0.4, -0.2) is 44.5 Å². The number of nitrogens with zero attached hydrogens (tertiary/aromatic N) is 5. The molecule has 0 amide bonds. The topological polar surface area (TPSA) is 82.4 Å². The second kappa shape index (κ2) is 6.35. The normalized spacial score (nSPS) is 20.1. The molecule has 3 aromatic heterocycles. The molecule has 0 saturated carbocycles. The number of thiazole rings is 1. The molecule has 26 heavy (non-hydrogen) atoms. The average molecular weight is 368 g/mol. The summed E-state index contributed by atoms with van der Waals surface area (Å²) in [6, 6.07) is 0.377. The number of rotatable bonds is 4. The van der Waals surface area contributed by atoms with Gasteiger partial charge in [0.15, 0.2) is 16.6 Å². The molecule has 0 aromatic carbocycles. The highest BCUT2D eigenvalue weighted by Crippen LogP contribution is 2.29. The van der Waals surface area contributed by atoms with Crippen LogP contribution in [0.3, 0.4) is 0 Å². The van der Waals surface area contributed by atoms with E-state index < -0.39 is 0 Å². The largest absolute Gasteiger partial charge is 0.318 e. The Morgan fingerprint density at radius 1 is 1.35 bits per heavy atom. The maximum absolute atomic E-state index is 4.73. The van der Waals surface area contributed by atoms with Gasteiger partial charge in [-0.15, -0.1) is 11.3 Å². The molecular formula is C17H20N8S. The van der Waals surface area contributed by atoms with Gasteiger partial charge in [0.25, 0.3) is 0 Å². The lowest BCUT2D eigenvalue weighted by molar-refractivity contribution is 0.374. The fourth-order valence-electron chi connectivity index (χ4n) is 3.48. The van der Waals surface area contributed by atoms with E-state index in [1.54, 1.807) is 17.5 Å². The van der Waals surface area contributed by atoms with Crippen LogP contribution in [0.15, 0.2) is 30.2 Å². The molecule has 0 aliphatic carbocycles. The van der Waals surface area contributed by atoms with Crippen molar-refractivity contribution in [3.05, 3.63) is 41.6 Å². The Morgan fingerprint density at radius 2 is 2.31 bits per heavy atom. The van der Waals surface area contributed by atoms with Gasteiger partial charge >= 0.3 is 0 Å². The average Bonchev–Trinajstić information content (AvgIpc) is 3.42. The summed E-state index contributed by atoms with van der Waals surface area (Å²) >= 11 is 1.60. The molecule has 0 unspecified atom stereocenters. The predicted molar refractivity (Wildman–Crippen MR) is 102 cm³/mol. The van der Waals surface area contributed by atoms with Gasteiger partial charge in [0.1, 0.15) is 0 Å². The Kier molecular flexibility index (Phi) is 3.84. The van der Waals surface area contributed by atoms with Crippen molar-refractivity contribution in [1.29, 1.82) is 0 Å². The summed E-state index contributed by atoms with van der Waals surface area (Å²) in [6.07, 6.45) is 10.1. The van der Waals surface area contributed by atoms with Gasteiger partial charge in [0, 0.05) is 43.1 Å². The highest BCUT2D eigenvalue weighted by Gasteiger charge is 2.20. The van der Waals surface area contributed by atoms with Crippen LogP contribution in [0.1, 0.15) is 30.3 Å². The van der Waals surface area contributed by atoms with Gasteiger partial charge in [-0.25, -0.2) is 20.4 Å². The molecule has 1 fully saturated rings. The molecule has 8 nitrogen and oxygen atoms in total. The van der Waals surface area contributed by atoms with Gasteiger partial charge in [-0.1, -0.05) is 0 Å². The van der Waals surface area contributed by atoms with E-state index in [0.717, 1.165) is 47.5 Å². The summed E-state index contributed by atoms with van der Waals surface area (Å²) in [7, 11) is 1.99. The van der Waals surface area contributed by atoms with Crippen LogP contribution in [0.25, 0.3) is 11.2 Å².